The Morgan fingerprint density at radius 3 is 2.31 bits per heavy atom. The van der Waals surface area contributed by atoms with Crippen LogP contribution in [0.5, 0.6) is 0 Å². The summed E-state index contributed by atoms with van der Waals surface area (Å²) < 4.78 is 0. The Labute approximate surface area is 99.4 Å². The van der Waals surface area contributed by atoms with Gasteiger partial charge < -0.3 is 16.4 Å². The third-order valence-electron chi connectivity index (χ3n) is 3.33. The molecule has 0 fully saturated rings. The molecular weight excluding hydrogens is 202 g/mol. The minimum absolute atomic E-state index is 0.261. The van der Waals surface area contributed by atoms with Gasteiger partial charge in [-0.3, -0.25) is 4.79 Å². The van der Waals surface area contributed by atoms with Crippen molar-refractivity contribution in [1.82, 2.24) is 4.90 Å². The van der Waals surface area contributed by atoms with Crippen LogP contribution >= 0.6 is 0 Å². The number of carbonyl (C=O) groups is 1. The molecule has 16 heavy (non-hydrogen) atoms. The lowest BCUT2D eigenvalue weighted by atomic mass is 9.93. The fraction of sp³-hybridized carbons (Fsp3) is 0.917. The molecule has 0 heterocycles. The summed E-state index contributed by atoms with van der Waals surface area (Å²) in [6.45, 7) is 9.20. The van der Waals surface area contributed by atoms with Crippen LogP contribution in [0.4, 0.5) is 0 Å². The standard InChI is InChI=1S/C12H27N3O/c1-6-9(2)8-15(5)10(3)7-12(4,14)11(13)16/h9-10H,6-8,14H2,1-5H3,(H2,13,16). The Morgan fingerprint density at radius 1 is 1.44 bits per heavy atom. The minimum Gasteiger partial charge on any atom is -0.368 e. The zero-order valence-electron chi connectivity index (χ0n) is 11.3. The van der Waals surface area contributed by atoms with Crippen molar-refractivity contribution in [3.05, 3.63) is 0 Å². The number of hydrogen-bond acceptors (Lipinski definition) is 3. The van der Waals surface area contributed by atoms with Crippen LogP contribution in [0.3, 0.4) is 0 Å². The molecule has 4 nitrogen and oxygen atoms in total. The Bertz CT molecular complexity index is 228. The summed E-state index contributed by atoms with van der Waals surface area (Å²) in [5, 5.41) is 0. The molecule has 3 atom stereocenters. The monoisotopic (exact) mass is 229 g/mol. The Kier molecular flexibility index (Phi) is 5.97. The fourth-order valence-corrected chi connectivity index (χ4v) is 1.67. The summed E-state index contributed by atoms with van der Waals surface area (Å²) >= 11 is 0. The van der Waals surface area contributed by atoms with Crippen molar-refractivity contribution in [2.24, 2.45) is 17.4 Å². The zero-order valence-corrected chi connectivity index (χ0v) is 11.3. The van der Waals surface area contributed by atoms with Crippen LogP contribution in [-0.4, -0.2) is 36.0 Å². The van der Waals surface area contributed by atoms with Gasteiger partial charge in [-0.15, -0.1) is 0 Å². The number of rotatable bonds is 7. The van der Waals surface area contributed by atoms with Gasteiger partial charge in [-0.1, -0.05) is 20.3 Å². The first kappa shape index (κ1) is 15.4. The smallest absolute Gasteiger partial charge is 0.237 e. The summed E-state index contributed by atoms with van der Waals surface area (Å²) in [6.07, 6.45) is 1.75. The van der Waals surface area contributed by atoms with Gasteiger partial charge in [-0.25, -0.2) is 0 Å². The highest BCUT2D eigenvalue weighted by atomic mass is 16.1. The molecule has 1 amide bonds. The summed E-state index contributed by atoms with van der Waals surface area (Å²) in [7, 11) is 2.06. The van der Waals surface area contributed by atoms with Crippen molar-refractivity contribution < 1.29 is 4.79 Å². The van der Waals surface area contributed by atoms with E-state index in [4.69, 9.17) is 11.5 Å². The zero-order chi connectivity index (χ0) is 12.9. The lowest BCUT2D eigenvalue weighted by Crippen LogP contribution is -2.53. The molecule has 0 aromatic heterocycles. The van der Waals surface area contributed by atoms with Gasteiger partial charge in [0.1, 0.15) is 0 Å². The molecule has 3 unspecified atom stereocenters. The minimum atomic E-state index is -0.914. The topological polar surface area (TPSA) is 72.3 Å². The molecule has 0 aliphatic heterocycles. The van der Waals surface area contributed by atoms with E-state index >= 15 is 0 Å². The highest BCUT2D eigenvalue weighted by molar-refractivity contribution is 5.83. The van der Waals surface area contributed by atoms with Crippen molar-refractivity contribution in [3.8, 4) is 0 Å². The summed E-state index contributed by atoms with van der Waals surface area (Å²) in [5.41, 5.74) is 10.2. The number of nitrogens with two attached hydrogens (primary N) is 2. The highest BCUT2D eigenvalue weighted by Gasteiger charge is 2.29. The van der Waals surface area contributed by atoms with Crippen LogP contribution in [0.15, 0.2) is 0 Å². The third kappa shape index (κ3) is 4.94. The van der Waals surface area contributed by atoms with Crippen LogP contribution in [-0.2, 0) is 4.79 Å². The first-order chi connectivity index (χ1) is 7.20. The molecule has 4 N–H and O–H groups in total. The molecule has 0 radical (unpaired) electrons. The molecule has 0 spiro atoms. The second kappa shape index (κ2) is 6.21. The van der Waals surface area contributed by atoms with E-state index in [1.54, 1.807) is 6.92 Å². The first-order valence-corrected chi connectivity index (χ1v) is 5.99. The van der Waals surface area contributed by atoms with E-state index < -0.39 is 11.4 Å². The van der Waals surface area contributed by atoms with Crippen LogP contribution in [0.1, 0.15) is 40.5 Å². The summed E-state index contributed by atoms with van der Waals surface area (Å²) in [5.74, 6) is 0.223. The van der Waals surface area contributed by atoms with Gasteiger partial charge in [0, 0.05) is 12.6 Å². The predicted molar refractivity (Wildman–Crippen MR) is 68.0 cm³/mol. The largest absolute Gasteiger partial charge is 0.368 e. The lowest BCUT2D eigenvalue weighted by molar-refractivity contribution is -0.123. The van der Waals surface area contributed by atoms with Gasteiger partial charge in [-0.05, 0) is 33.2 Å². The summed E-state index contributed by atoms with van der Waals surface area (Å²) in [6, 6.07) is 0.261. The van der Waals surface area contributed by atoms with Gasteiger partial charge >= 0.3 is 0 Å². The predicted octanol–water partition coefficient (Wildman–Crippen LogP) is 0.946. The second-order valence-corrected chi connectivity index (χ2v) is 5.29. The number of amides is 1. The van der Waals surface area contributed by atoms with Crippen LogP contribution < -0.4 is 11.5 Å². The molecule has 0 saturated heterocycles. The molecule has 0 aliphatic rings. The normalized spacial score (nSPS) is 19.2. The molecule has 4 heteroatoms. The lowest BCUT2D eigenvalue weighted by Gasteiger charge is -2.32. The van der Waals surface area contributed by atoms with Crippen molar-refractivity contribution in [2.75, 3.05) is 13.6 Å². The Hall–Kier alpha value is -0.610. The van der Waals surface area contributed by atoms with E-state index in [1.807, 2.05) is 0 Å². The molecule has 0 aliphatic carbocycles. The van der Waals surface area contributed by atoms with Crippen LogP contribution in [0, 0.1) is 5.92 Å². The SMILES string of the molecule is CCC(C)CN(C)C(C)CC(C)(N)C(N)=O. The van der Waals surface area contributed by atoms with E-state index in [1.165, 1.54) is 0 Å². The first-order valence-electron chi connectivity index (χ1n) is 5.99. The van der Waals surface area contributed by atoms with Gasteiger partial charge in [0.25, 0.3) is 0 Å². The quantitative estimate of drug-likeness (QED) is 0.682. The van der Waals surface area contributed by atoms with E-state index in [9.17, 15) is 4.79 Å². The van der Waals surface area contributed by atoms with E-state index in [2.05, 4.69) is 32.7 Å². The maximum atomic E-state index is 11.1. The van der Waals surface area contributed by atoms with Crippen molar-refractivity contribution >= 4 is 5.91 Å². The Morgan fingerprint density at radius 2 is 1.94 bits per heavy atom. The maximum Gasteiger partial charge on any atom is 0.237 e. The Balaban J connectivity index is 4.24. The molecule has 0 saturated carbocycles. The highest BCUT2D eigenvalue weighted by Crippen LogP contribution is 2.14. The number of hydrogen-bond donors (Lipinski definition) is 2. The van der Waals surface area contributed by atoms with Crippen molar-refractivity contribution in [1.29, 1.82) is 0 Å². The number of carbonyl (C=O) groups excluding carboxylic acids is 1. The molecule has 0 aromatic carbocycles. The third-order valence-corrected chi connectivity index (χ3v) is 3.33. The molecule has 0 bridgehead atoms. The van der Waals surface area contributed by atoms with Crippen LogP contribution in [0.2, 0.25) is 0 Å². The van der Waals surface area contributed by atoms with Crippen molar-refractivity contribution in [3.63, 3.8) is 0 Å². The maximum absolute atomic E-state index is 11.1. The molecule has 0 aromatic rings. The second-order valence-electron chi connectivity index (χ2n) is 5.29. The number of primary amides is 1. The van der Waals surface area contributed by atoms with Gasteiger partial charge in [0.15, 0.2) is 0 Å². The average Bonchev–Trinajstić information content (AvgIpc) is 2.16. The summed E-state index contributed by atoms with van der Waals surface area (Å²) in [4.78, 5) is 13.4. The average molecular weight is 229 g/mol. The molecular formula is C12H27N3O. The van der Waals surface area contributed by atoms with Gasteiger partial charge in [0.2, 0.25) is 5.91 Å². The van der Waals surface area contributed by atoms with Gasteiger partial charge in [-0.2, -0.15) is 0 Å². The van der Waals surface area contributed by atoms with E-state index in [0.717, 1.165) is 13.0 Å². The molecule has 96 valence electrons. The fourth-order valence-electron chi connectivity index (χ4n) is 1.67. The van der Waals surface area contributed by atoms with E-state index in [0.29, 0.717) is 12.3 Å². The number of nitrogens with zero attached hydrogens (tertiary/aromatic N) is 1. The molecule has 0 rings (SSSR count). The van der Waals surface area contributed by atoms with Gasteiger partial charge in [0.05, 0.1) is 5.54 Å². The van der Waals surface area contributed by atoms with E-state index in [-0.39, 0.29) is 6.04 Å². The van der Waals surface area contributed by atoms with Crippen LogP contribution in [0.25, 0.3) is 0 Å². The van der Waals surface area contributed by atoms with Crippen molar-refractivity contribution in [2.45, 2.75) is 52.1 Å².